The molecule has 0 aliphatic heterocycles. The summed E-state index contributed by atoms with van der Waals surface area (Å²) in [7, 11) is -1.62. The number of pyridine rings is 1. The largest absolute Gasteiger partial charge is 0.380 e. The Bertz CT molecular complexity index is 719. The van der Waals surface area contributed by atoms with Crippen LogP contribution < -0.4 is 4.72 Å². The number of nitrogens with one attached hydrogen (secondary N) is 1. The van der Waals surface area contributed by atoms with Crippen molar-refractivity contribution < 1.29 is 13.2 Å². The van der Waals surface area contributed by atoms with E-state index in [-0.39, 0.29) is 4.90 Å². The van der Waals surface area contributed by atoms with Crippen molar-refractivity contribution in [3.05, 3.63) is 54.2 Å². The monoisotopic (exact) mass is 349 g/mol. The molecule has 0 atom stereocenters. The van der Waals surface area contributed by atoms with Gasteiger partial charge in [0.2, 0.25) is 0 Å². The molecule has 7 heteroatoms. The first kappa shape index (κ1) is 18.4. The van der Waals surface area contributed by atoms with E-state index in [1.807, 2.05) is 26.1 Å². The molecule has 24 heavy (non-hydrogen) atoms. The van der Waals surface area contributed by atoms with Gasteiger partial charge >= 0.3 is 0 Å². The summed E-state index contributed by atoms with van der Waals surface area (Å²) in [6, 6.07) is 11.9. The minimum Gasteiger partial charge on any atom is -0.380 e. The molecule has 0 aliphatic rings. The third kappa shape index (κ3) is 5.59. The summed E-state index contributed by atoms with van der Waals surface area (Å²) in [4.78, 5) is 6.32. The second-order valence-electron chi connectivity index (χ2n) is 5.40. The second-order valence-corrected chi connectivity index (χ2v) is 7.08. The van der Waals surface area contributed by atoms with Gasteiger partial charge in [-0.3, -0.25) is 9.62 Å². The molecule has 0 bridgehead atoms. The standard InChI is InChI=1S/C17H23N3O3S/c1-3-23-13-12-20(2)14-15-7-9-16(10-8-15)24(21,22)19-17-6-4-5-11-18-17/h4-11H,3,12-14H2,1-2H3,(H,18,19). The maximum atomic E-state index is 12.3. The lowest BCUT2D eigenvalue weighted by Gasteiger charge is -2.16. The number of aromatic nitrogens is 1. The number of anilines is 1. The number of nitrogens with zero attached hydrogens (tertiary/aromatic N) is 2. The van der Waals surface area contributed by atoms with E-state index in [0.29, 0.717) is 19.0 Å². The summed E-state index contributed by atoms with van der Waals surface area (Å²) in [5, 5.41) is 0. The maximum Gasteiger partial charge on any atom is 0.263 e. The molecular formula is C17H23N3O3S. The van der Waals surface area contributed by atoms with E-state index in [0.717, 1.165) is 18.7 Å². The molecule has 0 saturated heterocycles. The van der Waals surface area contributed by atoms with E-state index >= 15 is 0 Å². The third-order valence-electron chi connectivity index (χ3n) is 3.41. The van der Waals surface area contributed by atoms with E-state index in [4.69, 9.17) is 4.74 Å². The van der Waals surface area contributed by atoms with Crippen LogP contribution in [0.15, 0.2) is 53.6 Å². The Morgan fingerprint density at radius 1 is 1.17 bits per heavy atom. The number of sulfonamides is 1. The molecular weight excluding hydrogens is 326 g/mol. The zero-order chi connectivity index (χ0) is 17.4. The lowest BCUT2D eigenvalue weighted by Crippen LogP contribution is -2.22. The zero-order valence-corrected chi connectivity index (χ0v) is 14.8. The maximum absolute atomic E-state index is 12.3. The molecule has 1 heterocycles. The summed E-state index contributed by atoms with van der Waals surface area (Å²) in [5.74, 6) is 0.303. The molecule has 2 aromatic rings. The first-order valence-corrected chi connectivity index (χ1v) is 9.28. The van der Waals surface area contributed by atoms with Crippen LogP contribution in [-0.2, 0) is 21.3 Å². The van der Waals surface area contributed by atoms with E-state index in [9.17, 15) is 8.42 Å². The predicted octanol–water partition coefficient (Wildman–Crippen LogP) is 2.35. The van der Waals surface area contributed by atoms with Gasteiger partial charge in [-0.1, -0.05) is 18.2 Å². The molecule has 2 rings (SSSR count). The Labute approximate surface area is 143 Å². The molecule has 0 saturated carbocycles. The summed E-state index contributed by atoms with van der Waals surface area (Å²) >= 11 is 0. The third-order valence-corrected chi connectivity index (χ3v) is 4.78. The molecule has 1 N–H and O–H groups in total. The fourth-order valence-corrected chi connectivity index (χ4v) is 3.16. The Morgan fingerprint density at radius 3 is 2.54 bits per heavy atom. The number of likely N-dealkylation sites (N-methyl/N-ethyl adjacent to an activating group) is 1. The van der Waals surface area contributed by atoms with Gasteiger partial charge in [-0.05, 0) is 43.8 Å². The van der Waals surface area contributed by atoms with Crippen LogP contribution in [-0.4, -0.2) is 45.1 Å². The van der Waals surface area contributed by atoms with E-state index in [1.165, 1.54) is 0 Å². The summed E-state index contributed by atoms with van der Waals surface area (Å²) < 4.78 is 32.5. The highest BCUT2D eigenvalue weighted by atomic mass is 32.2. The van der Waals surface area contributed by atoms with Gasteiger partial charge in [-0.25, -0.2) is 13.4 Å². The average molecular weight is 349 g/mol. The number of rotatable bonds is 9. The summed E-state index contributed by atoms with van der Waals surface area (Å²) in [5.41, 5.74) is 1.05. The van der Waals surface area contributed by atoms with Crippen LogP contribution in [0.25, 0.3) is 0 Å². The molecule has 1 aromatic heterocycles. The van der Waals surface area contributed by atoms with Gasteiger partial charge in [-0.15, -0.1) is 0 Å². The van der Waals surface area contributed by atoms with Gasteiger partial charge in [0.05, 0.1) is 11.5 Å². The van der Waals surface area contributed by atoms with Crippen molar-refractivity contribution in [3.63, 3.8) is 0 Å². The van der Waals surface area contributed by atoms with E-state index in [2.05, 4.69) is 14.6 Å². The van der Waals surface area contributed by atoms with Gasteiger partial charge in [0, 0.05) is 25.9 Å². The van der Waals surface area contributed by atoms with Crippen molar-refractivity contribution in [1.29, 1.82) is 0 Å². The number of hydrogen-bond donors (Lipinski definition) is 1. The van der Waals surface area contributed by atoms with Crippen molar-refractivity contribution in [2.45, 2.75) is 18.4 Å². The molecule has 130 valence electrons. The minimum atomic E-state index is -3.62. The Morgan fingerprint density at radius 2 is 1.92 bits per heavy atom. The van der Waals surface area contributed by atoms with Crippen molar-refractivity contribution in [3.8, 4) is 0 Å². The molecule has 0 spiro atoms. The second kappa shape index (κ2) is 8.77. The van der Waals surface area contributed by atoms with Crippen LogP contribution in [0.5, 0.6) is 0 Å². The fraction of sp³-hybridized carbons (Fsp3) is 0.353. The van der Waals surface area contributed by atoms with Gasteiger partial charge in [0.1, 0.15) is 5.82 Å². The molecule has 0 fully saturated rings. The first-order valence-electron chi connectivity index (χ1n) is 7.80. The molecule has 0 unspecified atom stereocenters. The SMILES string of the molecule is CCOCCN(C)Cc1ccc(S(=O)(=O)Nc2ccccn2)cc1. The summed E-state index contributed by atoms with van der Waals surface area (Å²) in [6.07, 6.45) is 1.54. The Balaban J connectivity index is 1.98. The van der Waals surface area contributed by atoms with E-state index < -0.39 is 10.0 Å². The molecule has 6 nitrogen and oxygen atoms in total. The lowest BCUT2D eigenvalue weighted by molar-refractivity contribution is 0.120. The van der Waals surface area contributed by atoms with Crippen molar-refractivity contribution >= 4 is 15.8 Å². The van der Waals surface area contributed by atoms with Crippen LogP contribution in [0.3, 0.4) is 0 Å². The van der Waals surface area contributed by atoms with Crippen LogP contribution >= 0.6 is 0 Å². The molecule has 0 radical (unpaired) electrons. The number of ether oxygens (including phenoxy) is 1. The fourth-order valence-electron chi connectivity index (χ4n) is 2.15. The Hall–Kier alpha value is -1.96. The molecule has 0 aliphatic carbocycles. The molecule has 1 aromatic carbocycles. The van der Waals surface area contributed by atoms with Gasteiger partial charge in [-0.2, -0.15) is 0 Å². The van der Waals surface area contributed by atoms with Crippen molar-refractivity contribution in [1.82, 2.24) is 9.88 Å². The highest BCUT2D eigenvalue weighted by molar-refractivity contribution is 7.92. The predicted molar refractivity (Wildman–Crippen MR) is 94.3 cm³/mol. The lowest BCUT2D eigenvalue weighted by atomic mass is 10.2. The molecule has 0 amide bonds. The average Bonchev–Trinajstić information content (AvgIpc) is 2.56. The normalized spacial score (nSPS) is 11.6. The number of hydrogen-bond acceptors (Lipinski definition) is 5. The van der Waals surface area contributed by atoms with Crippen LogP contribution in [0.4, 0.5) is 5.82 Å². The van der Waals surface area contributed by atoms with Crippen molar-refractivity contribution in [2.75, 3.05) is 31.5 Å². The summed E-state index contributed by atoms with van der Waals surface area (Å²) in [6.45, 7) is 4.94. The highest BCUT2D eigenvalue weighted by Gasteiger charge is 2.14. The highest BCUT2D eigenvalue weighted by Crippen LogP contribution is 2.15. The van der Waals surface area contributed by atoms with Gasteiger partial charge in [0.15, 0.2) is 0 Å². The van der Waals surface area contributed by atoms with Crippen LogP contribution in [0.1, 0.15) is 12.5 Å². The quantitative estimate of drug-likeness (QED) is 0.704. The van der Waals surface area contributed by atoms with Crippen LogP contribution in [0, 0.1) is 0 Å². The minimum absolute atomic E-state index is 0.217. The Kier molecular flexibility index (Phi) is 6.72. The van der Waals surface area contributed by atoms with E-state index in [1.54, 1.807) is 36.5 Å². The van der Waals surface area contributed by atoms with Crippen molar-refractivity contribution in [2.24, 2.45) is 0 Å². The van der Waals surface area contributed by atoms with Crippen LogP contribution in [0.2, 0.25) is 0 Å². The first-order chi connectivity index (χ1) is 11.5. The van der Waals surface area contributed by atoms with Gasteiger partial charge in [0.25, 0.3) is 10.0 Å². The smallest absolute Gasteiger partial charge is 0.263 e. The van der Waals surface area contributed by atoms with Gasteiger partial charge < -0.3 is 4.74 Å². The zero-order valence-electron chi connectivity index (χ0n) is 14.0. The topological polar surface area (TPSA) is 71.5 Å². The number of benzene rings is 1.